The number of hydrogen-bond acceptors (Lipinski definition) is 9. The molecule has 4 rings (SSSR count). The van der Waals surface area contributed by atoms with Crippen LogP contribution in [-0.2, 0) is 14.8 Å². The molecule has 1 saturated heterocycles. The Balaban J connectivity index is 0.00000400. The van der Waals surface area contributed by atoms with Crippen molar-refractivity contribution in [2.75, 3.05) is 72.6 Å². The van der Waals surface area contributed by atoms with E-state index in [1.807, 2.05) is 20.2 Å². The van der Waals surface area contributed by atoms with E-state index in [0.717, 1.165) is 17.7 Å². The molecule has 1 aromatic heterocycles. The summed E-state index contributed by atoms with van der Waals surface area (Å²) in [5, 5.41) is 0.555. The van der Waals surface area contributed by atoms with Gasteiger partial charge in [0.1, 0.15) is 0 Å². The minimum atomic E-state index is -3.64. The molecule has 0 spiro atoms. The zero-order valence-corrected chi connectivity index (χ0v) is 24.3. The molecule has 1 aliphatic heterocycles. The molecule has 1 amide bonds. The van der Waals surface area contributed by atoms with Crippen LogP contribution in [0.3, 0.4) is 0 Å². The second-order valence-corrected chi connectivity index (χ2v) is 11.8. The SMILES string of the molecule is COc1cc2nc(N(CCCN(C)C)C(=O)c3ccc(S(=O)(=O)N4CCOCC4)cc3)sc2cc1OC.Cl. The van der Waals surface area contributed by atoms with Crippen molar-refractivity contribution >= 4 is 55.0 Å². The van der Waals surface area contributed by atoms with Crippen LogP contribution >= 0.6 is 23.7 Å². The smallest absolute Gasteiger partial charge is 0.260 e. The van der Waals surface area contributed by atoms with Gasteiger partial charge in [0.05, 0.1) is 42.5 Å². The zero-order chi connectivity index (χ0) is 26.6. The number of ether oxygens (including phenoxy) is 3. The van der Waals surface area contributed by atoms with Crippen LogP contribution in [0, 0.1) is 0 Å². The van der Waals surface area contributed by atoms with E-state index in [4.69, 9.17) is 19.2 Å². The third-order valence-corrected chi connectivity index (χ3v) is 9.01. The molecule has 0 N–H and O–H groups in total. The summed E-state index contributed by atoms with van der Waals surface area (Å²) in [6.07, 6.45) is 0.741. The molecule has 2 aromatic carbocycles. The maximum absolute atomic E-state index is 13.7. The number of rotatable bonds is 10. The van der Waals surface area contributed by atoms with Gasteiger partial charge in [0.2, 0.25) is 10.0 Å². The molecule has 3 aromatic rings. The minimum Gasteiger partial charge on any atom is -0.493 e. The Bertz CT molecular complexity index is 1300. The highest BCUT2D eigenvalue weighted by Crippen LogP contribution is 2.37. The molecular formula is C25H33ClN4O6S2. The maximum Gasteiger partial charge on any atom is 0.260 e. The number of morpholine rings is 1. The molecule has 38 heavy (non-hydrogen) atoms. The third-order valence-electron chi connectivity index (χ3n) is 6.05. The fourth-order valence-corrected chi connectivity index (χ4v) is 6.46. The standard InChI is InChI=1S/C25H32N4O6S2.ClH/c1-27(2)10-5-11-29(25-26-20-16-21(33-3)22(34-4)17-23(20)36-25)24(30)18-6-8-19(9-7-18)37(31,32)28-12-14-35-15-13-28;/h6-9,16-17H,5,10-15H2,1-4H3;1H. The van der Waals surface area contributed by atoms with Crippen molar-refractivity contribution in [3.8, 4) is 11.5 Å². The predicted molar refractivity (Wildman–Crippen MR) is 151 cm³/mol. The summed E-state index contributed by atoms with van der Waals surface area (Å²) in [6, 6.07) is 9.75. The fraction of sp³-hybridized carbons (Fsp3) is 0.440. The normalized spacial score (nSPS) is 14.3. The number of carbonyl (C=O) groups is 1. The Kier molecular flexibility index (Phi) is 10.3. The van der Waals surface area contributed by atoms with Gasteiger partial charge in [0, 0.05) is 37.3 Å². The van der Waals surface area contributed by atoms with Gasteiger partial charge >= 0.3 is 0 Å². The number of nitrogens with zero attached hydrogens (tertiary/aromatic N) is 4. The summed E-state index contributed by atoms with van der Waals surface area (Å²) in [7, 11) is 3.46. The molecule has 10 nitrogen and oxygen atoms in total. The van der Waals surface area contributed by atoms with E-state index in [9.17, 15) is 13.2 Å². The monoisotopic (exact) mass is 584 g/mol. The first kappa shape index (κ1) is 30.1. The lowest BCUT2D eigenvalue weighted by atomic mass is 10.2. The fourth-order valence-electron chi connectivity index (χ4n) is 4.05. The van der Waals surface area contributed by atoms with Crippen LogP contribution in [0.5, 0.6) is 11.5 Å². The summed E-state index contributed by atoms with van der Waals surface area (Å²) >= 11 is 1.39. The van der Waals surface area contributed by atoms with Crippen molar-refractivity contribution in [2.45, 2.75) is 11.3 Å². The van der Waals surface area contributed by atoms with Gasteiger partial charge in [-0.25, -0.2) is 13.4 Å². The Morgan fingerprint density at radius 2 is 1.68 bits per heavy atom. The van der Waals surface area contributed by atoms with E-state index in [2.05, 4.69) is 4.90 Å². The first-order valence-electron chi connectivity index (χ1n) is 11.9. The highest BCUT2D eigenvalue weighted by atomic mass is 35.5. The highest BCUT2D eigenvalue weighted by molar-refractivity contribution is 7.89. The van der Waals surface area contributed by atoms with Crippen molar-refractivity contribution in [2.24, 2.45) is 0 Å². The molecule has 1 aliphatic rings. The number of benzene rings is 2. The number of thiazole rings is 1. The number of methoxy groups -OCH3 is 2. The summed E-state index contributed by atoms with van der Waals surface area (Å²) in [4.78, 5) is 22.2. The average molecular weight is 585 g/mol. The zero-order valence-electron chi connectivity index (χ0n) is 21.9. The molecule has 0 atom stereocenters. The first-order valence-corrected chi connectivity index (χ1v) is 14.2. The van der Waals surface area contributed by atoms with E-state index in [0.29, 0.717) is 60.6 Å². The molecule has 0 radical (unpaired) electrons. The van der Waals surface area contributed by atoms with Gasteiger partial charge in [-0.2, -0.15) is 4.31 Å². The molecule has 0 bridgehead atoms. The third kappa shape index (κ3) is 6.56. The van der Waals surface area contributed by atoms with Crippen LogP contribution in [0.15, 0.2) is 41.3 Å². The number of amides is 1. The van der Waals surface area contributed by atoms with Gasteiger partial charge in [-0.05, 0) is 51.3 Å². The van der Waals surface area contributed by atoms with Crippen LogP contribution in [0.4, 0.5) is 5.13 Å². The number of carbonyl (C=O) groups excluding carboxylic acids is 1. The van der Waals surface area contributed by atoms with E-state index < -0.39 is 10.0 Å². The topological polar surface area (TPSA) is 102 Å². The minimum absolute atomic E-state index is 0. The lowest BCUT2D eigenvalue weighted by molar-refractivity contribution is 0.0730. The van der Waals surface area contributed by atoms with Crippen molar-refractivity contribution in [3.63, 3.8) is 0 Å². The lowest BCUT2D eigenvalue weighted by Gasteiger charge is -2.26. The molecular weight excluding hydrogens is 552 g/mol. The quantitative estimate of drug-likeness (QED) is 0.358. The van der Waals surface area contributed by atoms with Crippen LogP contribution < -0.4 is 14.4 Å². The second-order valence-electron chi connectivity index (χ2n) is 8.83. The predicted octanol–water partition coefficient (Wildman–Crippen LogP) is 3.35. The summed E-state index contributed by atoms with van der Waals surface area (Å²) < 4.78 is 44.3. The van der Waals surface area contributed by atoms with Crippen LogP contribution in [0.1, 0.15) is 16.8 Å². The maximum atomic E-state index is 13.7. The summed E-state index contributed by atoms with van der Waals surface area (Å²) in [5.41, 5.74) is 1.09. The first-order chi connectivity index (χ1) is 17.7. The van der Waals surface area contributed by atoms with Crippen LogP contribution in [0.2, 0.25) is 0 Å². The van der Waals surface area contributed by atoms with Gasteiger partial charge in [-0.3, -0.25) is 9.69 Å². The summed E-state index contributed by atoms with van der Waals surface area (Å²) in [6.45, 7) is 2.63. The molecule has 0 unspecified atom stereocenters. The highest BCUT2D eigenvalue weighted by Gasteiger charge is 2.27. The second kappa shape index (κ2) is 13.0. The summed E-state index contributed by atoms with van der Waals surface area (Å²) in [5.74, 6) is 0.911. The van der Waals surface area contributed by atoms with Crippen LogP contribution in [-0.4, -0.2) is 96.2 Å². The molecule has 0 aliphatic carbocycles. The van der Waals surface area contributed by atoms with Gasteiger partial charge in [0.25, 0.3) is 5.91 Å². The largest absolute Gasteiger partial charge is 0.493 e. The Labute approximate surface area is 233 Å². The Hall–Kier alpha value is -2.48. The van der Waals surface area contributed by atoms with Crippen molar-refractivity contribution in [3.05, 3.63) is 42.0 Å². The molecule has 13 heteroatoms. The van der Waals surface area contributed by atoms with Gasteiger partial charge in [-0.15, -0.1) is 12.4 Å². The Morgan fingerprint density at radius 3 is 2.29 bits per heavy atom. The van der Waals surface area contributed by atoms with Crippen molar-refractivity contribution in [1.29, 1.82) is 0 Å². The van der Waals surface area contributed by atoms with E-state index in [1.54, 1.807) is 37.3 Å². The number of halogens is 1. The Morgan fingerprint density at radius 1 is 1.05 bits per heavy atom. The van der Waals surface area contributed by atoms with Crippen molar-refractivity contribution < 1.29 is 27.4 Å². The molecule has 2 heterocycles. The number of aromatic nitrogens is 1. The molecule has 0 saturated carbocycles. The van der Waals surface area contributed by atoms with E-state index in [-0.39, 0.29) is 23.2 Å². The molecule has 1 fully saturated rings. The number of fused-ring (bicyclic) bond motifs is 1. The number of hydrogen-bond donors (Lipinski definition) is 0. The number of anilines is 1. The van der Waals surface area contributed by atoms with Gasteiger partial charge in [0.15, 0.2) is 16.6 Å². The van der Waals surface area contributed by atoms with Gasteiger partial charge in [-0.1, -0.05) is 11.3 Å². The lowest BCUT2D eigenvalue weighted by Crippen LogP contribution is -2.40. The van der Waals surface area contributed by atoms with E-state index >= 15 is 0 Å². The molecule has 208 valence electrons. The van der Waals surface area contributed by atoms with Crippen LogP contribution in [0.25, 0.3) is 10.2 Å². The van der Waals surface area contributed by atoms with E-state index in [1.165, 1.54) is 27.8 Å². The average Bonchev–Trinajstić information content (AvgIpc) is 3.32. The number of sulfonamides is 1. The van der Waals surface area contributed by atoms with Gasteiger partial charge < -0.3 is 19.1 Å². The van der Waals surface area contributed by atoms with Crippen molar-refractivity contribution in [1.82, 2.24) is 14.2 Å².